The summed E-state index contributed by atoms with van der Waals surface area (Å²) < 4.78 is 51.3. The molecule has 0 heterocycles. The highest BCUT2D eigenvalue weighted by Crippen LogP contribution is 2.22. The van der Waals surface area contributed by atoms with Crippen LogP contribution in [0.5, 0.6) is 0 Å². The van der Waals surface area contributed by atoms with Crippen LogP contribution in [0, 0.1) is 18.6 Å². The molecule has 5 nitrogen and oxygen atoms in total. The molecule has 134 valence electrons. The number of aryl methyl sites for hydroxylation is 1. The minimum atomic E-state index is -3.93. The van der Waals surface area contributed by atoms with Crippen molar-refractivity contribution in [2.24, 2.45) is 0 Å². The standard InChI is InChI=1S/C17H18F2N2O3S/c1-12-3-5-13(6-4-12)10-20-17(22)11-21(25(2,23)24)16-8-7-14(18)9-15(16)19/h3-9H,10-11H2,1-2H3,(H,20,22). The van der Waals surface area contributed by atoms with E-state index in [4.69, 9.17) is 0 Å². The van der Waals surface area contributed by atoms with E-state index in [-0.39, 0.29) is 12.2 Å². The normalized spacial score (nSPS) is 11.2. The van der Waals surface area contributed by atoms with E-state index in [1.807, 2.05) is 31.2 Å². The number of hydrogen-bond donors (Lipinski definition) is 1. The molecule has 2 aromatic carbocycles. The minimum Gasteiger partial charge on any atom is -0.350 e. The number of halogens is 2. The van der Waals surface area contributed by atoms with Crippen LogP contribution in [0.4, 0.5) is 14.5 Å². The summed E-state index contributed by atoms with van der Waals surface area (Å²) in [5.74, 6) is -2.50. The third kappa shape index (κ3) is 5.25. The Hall–Kier alpha value is -2.48. The summed E-state index contributed by atoms with van der Waals surface area (Å²) in [6.07, 6.45) is 0.850. The Labute approximate surface area is 145 Å². The number of rotatable bonds is 6. The van der Waals surface area contributed by atoms with Crippen LogP contribution in [0.2, 0.25) is 0 Å². The van der Waals surface area contributed by atoms with Gasteiger partial charge in [-0.25, -0.2) is 17.2 Å². The lowest BCUT2D eigenvalue weighted by Gasteiger charge is -2.22. The number of carbonyl (C=O) groups excluding carboxylic acids is 1. The summed E-state index contributed by atoms with van der Waals surface area (Å²) in [4.78, 5) is 12.1. The summed E-state index contributed by atoms with van der Waals surface area (Å²) >= 11 is 0. The van der Waals surface area contributed by atoms with E-state index in [0.717, 1.165) is 29.5 Å². The first-order chi connectivity index (χ1) is 11.7. The largest absolute Gasteiger partial charge is 0.350 e. The Bertz CT molecular complexity index is 868. The first-order valence-corrected chi connectivity index (χ1v) is 9.26. The Morgan fingerprint density at radius 3 is 2.32 bits per heavy atom. The van der Waals surface area contributed by atoms with E-state index in [1.54, 1.807) is 0 Å². The third-order valence-electron chi connectivity index (χ3n) is 3.48. The lowest BCUT2D eigenvalue weighted by molar-refractivity contribution is -0.119. The zero-order valence-corrected chi connectivity index (χ0v) is 14.6. The number of nitrogens with zero attached hydrogens (tertiary/aromatic N) is 1. The molecule has 0 aliphatic rings. The number of amides is 1. The van der Waals surface area contributed by atoms with Crippen molar-refractivity contribution in [3.63, 3.8) is 0 Å². The molecule has 2 aromatic rings. The van der Waals surface area contributed by atoms with Crippen LogP contribution in [0.1, 0.15) is 11.1 Å². The van der Waals surface area contributed by atoms with E-state index in [9.17, 15) is 22.0 Å². The number of sulfonamides is 1. The lowest BCUT2D eigenvalue weighted by Crippen LogP contribution is -2.40. The summed E-state index contributed by atoms with van der Waals surface area (Å²) in [5.41, 5.74) is 1.54. The van der Waals surface area contributed by atoms with Crippen molar-refractivity contribution in [1.29, 1.82) is 0 Å². The van der Waals surface area contributed by atoms with Crippen LogP contribution in [0.15, 0.2) is 42.5 Å². The molecule has 0 atom stereocenters. The second-order valence-corrected chi connectivity index (χ2v) is 7.53. The number of anilines is 1. The van der Waals surface area contributed by atoms with Crippen LogP contribution in [-0.2, 0) is 21.4 Å². The molecule has 0 radical (unpaired) electrons. The molecule has 0 aliphatic carbocycles. The molecule has 0 spiro atoms. The van der Waals surface area contributed by atoms with E-state index in [0.29, 0.717) is 10.4 Å². The molecule has 0 aromatic heterocycles. The number of nitrogens with one attached hydrogen (secondary N) is 1. The molecule has 0 aliphatic heterocycles. The van der Waals surface area contributed by atoms with Gasteiger partial charge in [0, 0.05) is 12.6 Å². The molecule has 0 saturated heterocycles. The van der Waals surface area contributed by atoms with Crippen molar-refractivity contribution in [3.8, 4) is 0 Å². The summed E-state index contributed by atoms with van der Waals surface area (Å²) in [6.45, 7) is 1.54. The Kier molecular flexibility index (Phi) is 5.73. The number of carbonyl (C=O) groups is 1. The highest BCUT2D eigenvalue weighted by Gasteiger charge is 2.23. The maximum atomic E-state index is 13.9. The second kappa shape index (κ2) is 7.60. The topological polar surface area (TPSA) is 66.5 Å². The first-order valence-electron chi connectivity index (χ1n) is 7.42. The van der Waals surface area contributed by atoms with Gasteiger partial charge < -0.3 is 5.32 Å². The van der Waals surface area contributed by atoms with Gasteiger partial charge in [0.2, 0.25) is 15.9 Å². The zero-order chi connectivity index (χ0) is 18.6. The van der Waals surface area contributed by atoms with Gasteiger partial charge in [-0.15, -0.1) is 0 Å². The molecule has 2 rings (SSSR count). The van der Waals surface area contributed by atoms with Crippen LogP contribution >= 0.6 is 0 Å². The van der Waals surface area contributed by atoms with E-state index >= 15 is 0 Å². The SMILES string of the molecule is Cc1ccc(CNC(=O)CN(c2ccc(F)cc2F)S(C)(=O)=O)cc1. The van der Waals surface area contributed by atoms with Gasteiger partial charge in [-0.2, -0.15) is 0 Å². The summed E-state index contributed by atoms with van der Waals surface area (Å²) in [7, 11) is -3.93. The number of benzene rings is 2. The monoisotopic (exact) mass is 368 g/mol. The maximum Gasteiger partial charge on any atom is 0.241 e. The van der Waals surface area contributed by atoms with Crippen molar-refractivity contribution in [2.45, 2.75) is 13.5 Å². The minimum absolute atomic E-state index is 0.211. The van der Waals surface area contributed by atoms with Crippen LogP contribution in [-0.4, -0.2) is 27.1 Å². The highest BCUT2D eigenvalue weighted by molar-refractivity contribution is 7.92. The van der Waals surface area contributed by atoms with Gasteiger partial charge in [0.25, 0.3) is 0 Å². The molecule has 0 bridgehead atoms. The average Bonchev–Trinajstić information content (AvgIpc) is 2.52. The van der Waals surface area contributed by atoms with Crippen molar-refractivity contribution < 1.29 is 22.0 Å². The van der Waals surface area contributed by atoms with Gasteiger partial charge in [0.05, 0.1) is 11.9 Å². The second-order valence-electron chi connectivity index (χ2n) is 5.63. The van der Waals surface area contributed by atoms with Crippen molar-refractivity contribution in [2.75, 3.05) is 17.1 Å². The lowest BCUT2D eigenvalue weighted by atomic mass is 10.1. The molecule has 0 fully saturated rings. The van der Waals surface area contributed by atoms with E-state index in [1.165, 1.54) is 0 Å². The predicted octanol–water partition coefficient (Wildman–Crippen LogP) is 2.36. The van der Waals surface area contributed by atoms with Gasteiger partial charge in [0.15, 0.2) is 0 Å². The average molecular weight is 368 g/mol. The highest BCUT2D eigenvalue weighted by atomic mass is 32.2. The summed E-state index contributed by atoms with van der Waals surface area (Å²) in [6, 6.07) is 9.93. The third-order valence-corrected chi connectivity index (χ3v) is 4.60. The predicted molar refractivity (Wildman–Crippen MR) is 91.6 cm³/mol. The number of hydrogen-bond acceptors (Lipinski definition) is 3. The molecule has 1 N–H and O–H groups in total. The first kappa shape index (κ1) is 18.9. The fourth-order valence-corrected chi connectivity index (χ4v) is 3.01. The fourth-order valence-electron chi connectivity index (χ4n) is 2.16. The van der Waals surface area contributed by atoms with Gasteiger partial charge in [0.1, 0.15) is 18.2 Å². The van der Waals surface area contributed by atoms with Crippen LogP contribution in [0.3, 0.4) is 0 Å². The molecule has 0 saturated carbocycles. The molecule has 25 heavy (non-hydrogen) atoms. The Morgan fingerprint density at radius 1 is 1.12 bits per heavy atom. The van der Waals surface area contributed by atoms with Gasteiger partial charge in [-0.05, 0) is 24.6 Å². The maximum absolute atomic E-state index is 13.9. The molecule has 8 heteroatoms. The van der Waals surface area contributed by atoms with E-state index < -0.39 is 34.1 Å². The smallest absolute Gasteiger partial charge is 0.241 e. The van der Waals surface area contributed by atoms with E-state index in [2.05, 4.69) is 5.32 Å². The Morgan fingerprint density at radius 2 is 1.76 bits per heavy atom. The summed E-state index contributed by atoms with van der Waals surface area (Å²) in [5, 5.41) is 2.58. The van der Waals surface area contributed by atoms with Crippen molar-refractivity contribution in [1.82, 2.24) is 5.32 Å². The molecule has 0 unspecified atom stereocenters. The van der Waals surface area contributed by atoms with Crippen LogP contribution in [0.25, 0.3) is 0 Å². The molecule has 1 amide bonds. The van der Waals surface area contributed by atoms with Crippen LogP contribution < -0.4 is 9.62 Å². The van der Waals surface area contributed by atoms with Crippen molar-refractivity contribution in [3.05, 3.63) is 65.2 Å². The molecular weight excluding hydrogens is 350 g/mol. The van der Waals surface area contributed by atoms with Gasteiger partial charge in [-0.1, -0.05) is 29.8 Å². The fraction of sp³-hybridized carbons (Fsp3) is 0.235. The van der Waals surface area contributed by atoms with Gasteiger partial charge in [-0.3, -0.25) is 9.10 Å². The quantitative estimate of drug-likeness (QED) is 0.851. The molecular formula is C17H18F2N2O3S. The Balaban J connectivity index is 2.11. The van der Waals surface area contributed by atoms with Gasteiger partial charge >= 0.3 is 0 Å². The zero-order valence-electron chi connectivity index (χ0n) is 13.8. The van der Waals surface area contributed by atoms with Crippen molar-refractivity contribution >= 4 is 21.6 Å².